The van der Waals surface area contributed by atoms with E-state index in [1.54, 1.807) is 0 Å². The average molecular weight is 224 g/mol. The molecule has 0 aromatic carbocycles. The Morgan fingerprint density at radius 3 is 2.75 bits per heavy atom. The van der Waals surface area contributed by atoms with Gasteiger partial charge in [-0.2, -0.15) is 4.98 Å². The van der Waals surface area contributed by atoms with Crippen molar-refractivity contribution in [2.24, 2.45) is 5.73 Å². The van der Waals surface area contributed by atoms with Crippen molar-refractivity contribution in [1.29, 1.82) is 0 Å². The summed E-state index contributed by atoms with van der Waals surface area (Å²) in [5.41, 5.74) is 5.65. The molecule has 2 N–H and O–H groups in total. The van der Waals surface area contributed by atoms with Gasteiger partial charge in [-0.25, -0.2) is 0 Å². The van der Waals surface area contributed by atoms with Gasteiger partial charge in [0.15, 0.2) is 0 Å². The van der Waals surface area contributed by atoms with Gasteiger partial charge in [0.25, 0.3) is 5.95 Å². The van der Waals surface area contributed by atoms with Crippen molar-refractivity contribution in [1.82, 2.24) is 10.1 Å². The summed E-state index contributed by atoms with van der Waals surface area (Å²) in [5, 5.41) is 4.01. The lowest BCUT2D eigenvalue weighted by Crippen LogP contribution is -2.33. The Labute approximate surface area is 96.0 Å². The predicted octanol–water partition coefficient (Wildman–Crippen LogP) is 1.64. The highest BCUT2D eigenvalue weighted by Gasteiger charge is 2.28. The molecule has 90 valence electrons. The van der Waals surface area contributed by atoms with E-state index in [2.05, 4.69) is 22.0 Å². The molecule has 1 aliphatic heterocycles. The lowest BCUT2D eigenvalue weighted by molar-refractivity contribution is 0.283. The third-order valence-corrected chi connectivity index (χ3v) is 3.06. The number of nitrogens with two attached hydrogens (primary N) is 1. The molecule has 1 unspecified atom stereocenters. The Morgan fingerprint density at radius 2 is 2.12 bits per heavy atom. The van der Waals surface area contributed by atoms with Crippen LogP contribution in [0.3, 0.4) is 0 Å². The summed E-state index contributed by atoms with van der Waals surface area (Å²) < 4.78 is 5.27. The van der Waals surface area contributed by atoms with Crippen LogP contribution < -0.4 is 10.6 Å². The van der Waals surface area contributed by atoms with Gasteiger partial charge in [0.05, 0.1) is 5.54 Å². The lowest BCUT2D eigenvalue weighted by Gasteiger charge is -2.18. The van der Waals surface area contributed by atoms with Gasteiger partial charge in [-0.15, -0.1) is 0 Å². The first kappa shape index (κ1) is 11.4. The molecule has 1 aromatic rings. The van der Waals surface area contributed by atoms with Gasteiger partial charge in [0, 0.05) is 13.1 Å². The van der Waals surface area contributed by atoms with Crippen molar-refractivity contribution in [3.8, 4) is 0 Å². The molecule has 0 saturated carbocycles. The van der Waals surface area contributed by atoms with Gasteiger partial charge < -0.3 is 15.2 Å². The largest absolute Gasteiger partial charge is 0.338 e. The highest BCUT2D eigenvalue weighted by atomic mass is 16.5. The maximum Gasteiger partial charge on any atom is 0.266 e. The Morgan fingerprint density at radius 1 is 1.44 bits per heavy atom. The van der Waals surface area contributed by atoms with Crippen LogP contribution in [-0.4, -0.2) is 23.2 Å². The van der Waals surface area contributed by atoms with Crippen LogP contribution in [0.2, 0.25) is 0 Å². The zero-order chi connectivity index (χ0) is 11.6. The normalized spacial score (nSPS) is 20.1. The van der Waals surface area contributed by atoms with E-state index in [0.717, 1.165) is 25.9 Å². The fourth-order valence-electron chi connectivity index (χ4n) is 2.12. The number of nitrogens with zero attached hydrogens (tertiary/aromatic N) is 3. The van der Waals surface area contributed by atoms with Crippen LogP contribution in [0.15, 0.2) is 4.52 Å². The van der Waals surface area contributed by atoms with Crippen LogP contribution in [0.25, 0.3) is 0 Å². The minimum atomic E-state index is -0.500. The first-order valence-corrected chi connectivity index (χ1v) is 6.01. The summed E-state index contributed by atoms with van der Waals surface area (Å²) in [6.07, 6.45) is 4.28. The van der Waals surface area contributed by atoms with Crippen molar-refractivity contribution in [3.05, 3.63) is 5.89 Å². The summed E-state index contributed by atoms with van der Waals surface area (Å²) in [7, 11) is 0. The third kappa shape index (κ3) is 2.19. The summed E-state index contributed by atoms with van der Waals surface area (Å²) in [6, 6.07) is 0. The van der Waals surface area contributed by atoms with Crippen molar-refractivity contribution in [2.45, 2.75) is 45.1 Å². The SMILES string of the molecule is CCCC(C)(N)c1nc(N2CCCC2)no1. The van der Waals surface area contributed by atoms with Crippen LogP contribution in [0.1, 0.15) is 45.4 Å². The van der Waals surface area contributed by atoms with E-state index in [4.69, 9.17) is 10.3 Å². The van der Waals surface area contributed by atoms with E-state index in [9.17, 15) is 0 Å². The molecule has 16 heavy (non-hydrogen) atoms. The molecule has 2 heterocycles. The molecule has 0 aliphatic carbocycles. The number of rotatable bonds is 4. The molecule has 0 spiro atoms. The highest BCUT2D eigenvalue weighted by molar-refractivity contribution is 5.29. The Balaban J connectivity index is 2.12. The predicted molar refractivity (Wildman–Crippen MR) is 62.2 cm³/mol. The van der Waals surface area contributed by atoms with Crippen LogP contribution in [0.4, 0.5) is 5.95 Å². The number of hydrogen-bond acceptors (Lipinski definition) is 5. The van der Waals surface area contributed by atoms with E-state index in [0.29, 0.717) is 11.8 Å². The molecule has 0 bridgehead atoms. The molecule has 1 fully saturated rings. The molecular weight excluding hydrogens is 204 g/mol. The summed E-state index contributed by atoms with van der Waals surface area (Å²) in [4.78, 5) is 6.55. The van der Waals surface area contributed by atoms with E-state index in [1.807, 2.05) is 6.92 Å². The van der Waals surface area contributed by atoms with Gasteiger partial charge in [-0.1, -0.05) is 13.3 Å². The molecular formula is C11H20N4O. The van der Waals surface area contributed by atoms with E-state index >= 15 is 0 Å². The van der Waals surface area contributed by atoms with Crippen molar-refractivity contribution < 1.29 is 4.52 Å². The minimum absolute atomic E-state index is 0.500. The number of aromatic nitrogens is 2. The standard InChI is InChI=1S/C11H20N4O/c1-3-6-11(2,12)9-13-10(14-16-9)15-7-4-5-8-15/h3-8,12H2,1-2H3. The van der Waals surface area contributed by atoms with Crippen LogP contribution in [0, 0.1) is 0 Å². The Bertz CT molecular complexity index is 342. The van der Waals surface area contributed by atoms with E-state index in [-0.39, 0.29) is 0 Å². The molecule has 1 saturated heterocycles. The second-order valence-electron chi connectivity index (χ2n) is 4.76. The zero-order valence-corrected chi connectivity index (χ0v) is 10.1. The summed E-state index contributed by atoms with van der Waals surface area (Å²) in [5.74, 6) is 1.25. The Hall–Kier alpha value is -1.10. The topological polar surface area (TPSA) is 68.2 Å². The maximum atomic E-state index is 6.15. The highest BCUT2D eigenvalue weighted by Crippen LogP contribution is 2.24. The van der Waals surface area contributed by atoms with Crippen molar-refractivity contribution >= 4 is 5.95 Å². The molecule has 0 radical (unpaired) electrons. The molecule has 1 atom stereocenters. The summed E-state index contributed by atoms with van der Waals surface area (Å²) >= 11 is 0. The van der Waals surface area contributed by atoms with Gasteiger partial charge in [-0.05, 0) is 31.3 Å². The Kier molecular flexibility index (Phi) is 3.14. The van der Waals surface area contributed by atoms with Crippen LogP contribution in [0.5, 0.6) is 0 Å². The lowest BCUT2D eigenvalue weighted by atomic mass is 9.98. The molecule has 5 nitrogen and oxygen atoms in total. The maximum absolute atomic E-state index is 6.15. The summed E-state index contributed by atoms with van der Waals surface area (Å²) in [6.45, 7) is 6.09. The molecule has 5 heteroatoms. The first-order valence-electron chi connectivity index (χ1n) is 6.01. The van der Waals surface area contributed by atoms with E-state index in [1.165, 1.54) is 12.8 Å². The second-order valence-corrected chi connectivity index (χ2v) is 4.76. The van der Waals surface area contributed by atoms with E-state index < -0.39 is 5.54 Å². The van der Waals surface area contributed by atoms with Crippen molar-refractivity contribution in [2.75, 3.05) is 18.0 Å². The number of anilines is 1. The molecule has 1 aromatic heterocycles. The van der Waals surface area contributed by atoms with Gasteiger partial charge in [-0.3, -0.25) is 0 Å². The third-order valence-electron chi connectivity index (χ3n) is 3.06. The fraction of sp³-hybridized carbons (Fsp3) is 0.818. The van der Waals surface area contributed by atoms with Crippen LogP contribution in [-0.2, 0) is 5.54 Å². The first-order chi connectivity index (χ1) is 7.63. The molecule has 1 aliphatic rings. The minimum Gasteiger partial charge on any atom is -0.338 e. The van der Waals surface area contributed by atoms with Gasteiger partial charge in [0.2, 0.25) is 5.89 Å². The monoisotopic (exact) mass is 224 g/mol. The average Bonchev–Trinajstić information content (AvgIpc) is 2.89. The zero-order valence-electron chi connectivity index (χ0n) is 10.1. The quantitative estimate of drug-likeness (QED) is 0.842. The second kappa shape index (κ2) is 4.41. The van der Waals surface area contributed by atoms with Crippen molar-refractivity contribution in [3.63, 3.8) is 0 Å². The smallest absolute Gasteiger partial charge is 0.266 e. The fourth-order valence-corrected chi connectivity index (χ4v) is 2.12. The molecule has 0 amide bonds. The van der Waals surface area contributed by atoms with Gasteiger partial charge in [0.1, 0.15) is 0 Å². The number of hydrogen-bond donors (Lipinski definition) is 1. The van der Waals surface area contributed by atoms with Gasteiger partial charge >= 0.3 is 0 Å². The van der Waals surface area contributed by atoms with Crippen LogP contribution >= 0.6 is 0 Å². The molecule has 2 rings (SSSR count).